The average molecular weight is 888 g/mol. The summed E-state index contributed by atoms with van der Waals surface area (Å²) in [4.78, 5) is 97.4. The summed E-state index contributed by atoms with van der Waals surface area (Å²) in [6, 6.07) is 5.74. The molecule has 1 saturated carbocycles. The first-order valence-corrected chi connectivity index (χ1v) is 22.1. The van der Waals surface area contributed by atoms with Crippen LogP contribution in [0.2, 0.25) is 0 Å². The van der Waals surface area contributed by atoms with Crippen LogP contribution in [0.1, 0.15) is 52.0 Å². The van der Waals surface area contributed by atoms with Gasteiger partial charge in [-0.05, 0) is 49.8 Å². The molecule has 0 radical (unpaired) electrons. The van der Waals surface area contributed by atoms with Crippen molar-refractivity contribution in [2.24, 2.45) is 5.92 Å². The normalized spacial score (nSPS) is 16.4. The van der Waals surface area contributed by atoms with Crippen molar-refractivity contribution in [2.45, 2.75) is 65.0 Å². The lowest BCUT2D eigenvalue weighted by Gasteiger charge is -2.30. The molecule has 1 fully saturated rings. The Kier molecular flexibility index (Phi) is 25.6. The van der Waals surface area contributed by atoms with Crippen molar-refractivity contribution in [3.05, 3.63) is 29.8 Å². The number of hydrogen-bond acceptors (Lipinski definition) is 16. The summed E-state index contributed by atoms with van der Waals surface area (Å²) < 4.78 is 47.6. The summed E-state index contributed by atoms with van der Waals surface area (Å²) in [6.07, 6.45) is 1.59. The predicted octanol–water partition coefficient (Wildman–Crippen LogP) is 0.317. The monoisotopic (exact) mass is 887 g/mol. The molecule has 61 heavy (non-hydrogen) atoms. The van der Waals surface area contributed by atoms with Gasteiger partial charge in [-0.3, -0.25) is 43.0 Å². The Balaban J connectivity index is 2.18. The number of rotatable bonds is 30. The van der Waals surface area contributed by atoms with E-state index in [-0.39, 0.29) is 117 Å². The minimum atomic E-state index is -3.63. The van der Waals surface area contributed by atoms with Crippen molar-refractivity contribution in [3.63, 3.8) is 0 Å². The highest BCUT2D eigenvalue weighted by atomic mass is 31.2. The van der Waals surface area contributed by atoms with E-state index in [4.69, 9.17) is 32.9 Å². The van der Waals surface area contributed by atoms with Gasteiger partial charge in [0.15, 0.2) is 0 Å². The van der Waals surface area contributed by atoms with E-state index in [1.807, 2.05) is 0 Å². The maximum absolute atomic E-state index is 13.9. The first kappa shape index (κ1) is 52.6. The fourth-order valence-electron chi connectivity index (χ4n) is 5.97. The van der Waals surface area contributed by atoms with Crippen LogP contribution in [-0.2, 0) is 77.5 Å². The maximum atomic E-state index is 13.9. The molecule has 1 aliphatic carbocycles. The van der Waals surface area contributed by atoms with Crippen LogP contribution >= 0.6 is 7.60 Å². The Morgan fingerprint density at radius 1 is 0.672 bits per heavy atom. The first-order chi connectivity index (χ1) is 29.0. The molecule has 1 aromatic rings. The lowest BCUT2D eigenvalue weighted by atomic mass is 9.87. The van der Waals surface area contributed by atoms with Crippen LogP contribution < -0.4 is 21.3 Å². The zero-order valence-electron chi connectivity index (χ0n) is 35.4. The van der Waals surface area contributed by atoms with Crippen LogP contribution in [-0.4, -0.2) is 162 Å². The number of hydrogen-bond donors (Lipinski definition) is 5. The van der Waals surface area contributed by atoms with Gasteiger partial charge in [-0.1, -0.05) is 12.1 Å². The van der Waals surface area contributed by atoms with Crippen molar-refractivity contribution >= 4 is 54.8 Å². The summed E-state index contributed by atoms with van der Waals surface area (Å²) >= 11 is 0. The van der Waals surface area contributed by atoms with E-state index in [0.717, 1.165) is 6.66 Å². The molecule has 4 amide bonds. The first-order valence-electron chi connectivity index (χ1n) is 20.1. The standard InChI is InChI=1S/C39H62N5O16P/c1-28(45)57-22-19-54-16-13-40-36(48)26-44(27-37(49)41-14-17-55-20-23-58-29(2)46)35(39(51)42-15-18-56-21-24-59-30(3)47)25-31-5-9-33(10-6-31)43-38(50)32-7-11-34(12-8-32)60-61(4,52)53/h5-6,9-10,32,34-35H,7-8,11-27H2,1-4H3,(H,40,48)(H,41,49)(H,42,51)(H,43,50)(H,52,53). The highest BCUT2D eigenvalue weighted by Gasteiger charge is 2.31. The minimum Gasteiger partial charge on any atom is -0.463 e. The van der Waals surface area contributed by atoms with Crippen molar-refractivity contribution in [1.82, 2.24) is 20.9 Å². The number of carbonyl (C=O) groups excluding carboxylic acids is 7. The fraction of sp³-hybridized carbons (Fsp3) is 0.667. The molecule has 2 atom stereocenters. The SMILES string of the molecule is CC(=O)OCCOCCNC(=O)CN(CC(=O)NCCOCCOC(C)=O)C(Cc1ccc(NC(=O)C2CCC(OP(C)(=O)O)CC2)cc1)C(=O)NCCOCCOC(C)=O. The molecular weight excluding hydrogens is 825 g/mol. The summed E-state index contributed by atoms with van der Waals surface area (Å²) in [5.74, 6) is -3.37. The molecule has 0 saturated heterocycles. The number of anilines is 1. The number of ether oxygens (including phenoxy) is 6. The highest BCUT2D eigenvalue weighted by molar-refractivity contribution is 7.51. The van der Waals surface area contributed by atoms with Gasteiger partial charge in [0.05, 0.1) is 64.9 Å². The zero-order valence-corrected chi connectivity index (χ0v) is 36.3. The second kappa shape index (κ2) is 29.7. The second-order valence-electron chi connectivity index (χ2n) is 14.0. The maximum Gasteiger partial charge on any atom is 0.325 e. The molecule has 344 valence electrons. The van der Waals surface area contributed by atoms with Gasteiger partial charge in [0.2, 0.25) is 23.6 Å². The van der Waals surface area contributed by atoms with Gasteiger partial charge in [0.25, 0.3) is 0 Å². The quantitative estimate of drug-likeness (QED) is 0.0301. The molecule has 0 aliphatic heterocycles. The van der Waals surface area contributed by atoms with Gasteiger partial charge in [-0.25, -0.2) is 0 Å². The smallest absolute Gasteiger partial charge is 0.325 e. The number of nitrogens with zero attached hydrogens (tertiary/aromatic N) is 1. The minimum absolute atomic E-state index is 0.0403. The van der Waals surface area contributed by atoms with Gasteiger partial charge in [-0.2, -0.15) is 0 Å². The van der Waals surface area contributed by atoms with Gasteiger partial charge in [0.1, 0.15) is 19.8 Å². The third-order valence-electron chi connectivity index (χ3n) is 8.76. The number of amides is 4. The van der Waals surface area contributed by atoms with E-state index in [2.05, 4.69) is 21.3 Å². The zero-order chi connectivity index (χ0) is 45.0. The highest BCUT2D eigenvalue weighted by Crippen LogP contribution is 2.42. The summed E-state index contributed by atoms with van der Waals surface area (Å²) in [5, 5.41) is 11.1. The van der Waals surface area contributed by atoms with Crippen LogP contribution in [0.4, 0.5) is 5.69 Å². The Hall–Kier alpha value is -4.50. The van der Waals surface area contributed by atoms with E-state index in [9.17, 15) is 43.0 Å². The van der Waals surface area contributed by atoms with Crippen LogP contribution in [0.3, 0.4) is 0 Å². The molecule has 2 rings (SSSR count). The molecule has 22 heteroatoms. The van der Waals surface area contributed by atoms with Gasteiger partial charge < -0.3 is 59.1 Å². The van der Waals surface area contributed by atoms with Crippen molar-refractivity contribution in [1.29, 1.82) is 0 Å². The molecule has 1 aliphatic rings. The van der Waals surface area contributed by atoms with E-state index in [1.165, 1.54) is 25.7 Å². The topological polar surface area (TPSA) is 273 Å². The summed E-state index contributed by atoms with van der Waals surface area (Å²) in [6.45, 7) is 5.28. The van der Waals surface area contributed by atoms with E-state index in [0.29, 0.717) is 36.9 Å². The molecule has 5 N–H and O–H groups in total. The van der Waals surface area contributed by atoms with Gasteiger partial charge in [0, 0.05) is 58.7 Å². The van der Waals surface area contributed by atoms with Crippen molar-refractivity contribution in [2.75, 3.05) is 104 Å². The molecule has 1 aromatic carbocycles. The summed E-state index contributed by atoms with van der Waals surface area (Å²) in [5.41, 5.74) is 1.16. The molecular formula is C39H62N5O16P. The third-order valence-corrected chi connectivity index (χ3v) is 9.45. The molecule has 0 bridgehead atoms. The lowest BCUT2D eigenvalue weighted by molar-refractivity contribution is -0.143. The van der Waals surface area contributed by atoms with Crippen LogP contribution in [0.5, 0.6) is 0 Å². The molecule has 0 heterocycles. The Morgan fingerprint density at radius 2 is 1.11 bits per heavy atom. The Morgan fingerprint density at radius 3 is 1.54 bits per heavy atom. The molecule has 21 nitrogen and oxygen atoms in total. The average Bonchev–Trinajstić information content (AvgIpc) is 3.18. The number of nitrogens with one attached hydrogen (secondary N) is 4. The fourth-order valence-corrected chi connectivity index (χ4v) is 6.74. The van der Waals surface area contributed by atoms with E-state index >= 15 is 0 Å². The van der Waals surface area contributed by atoms with Crippen molar-refractivity contribution < 1.29 is 76.0 Å². The van der Waals surface area contributed by atoms with Gasteiger partial charge in [-0.15, -0.1) is 0 Å². The second-order valence-corrected chi connectivity index (χ2v) is 15.9. The molecule has 0 aromatic heterocycles. The molecule has 0 spiro atoms. The van der Waals surface area contributed by atoms with Crippen LogP contribution in [0.15, 0.2) is 24.3 Å². The summed E-state index contributed by atoms with van der Waals surface area (Å²) in [7, 11) is -3.63. The van der Waals surface area contributed by atoms with E-state index in [1.54, 1.807) is 24.3 Å². The third kappa shape index (κ3) is 25.8. The van der Waals surface area contributed by atoms with E-state index < -0.39 is 49.3 Å². The lowest BCUT2D eigenvalue weighted by Crippen LogP contribution is -2.54. The Bertz CT molecular complexity index is 1540. The van der Waals surface area contributed by atoms with Crippen LogP contribution in [0, 0.1) is 5.92 Å². The number of benzene rings is 1. The number of esters is 3. The molecule has 2 unspecified atom stereocenters. The predicted molar refractivity (Wildman–Crippen MR) is 218 cm³/mol. The van der Waals surface area contributed by atoms with Gasteiger partial charge >= 0.3 is 25.5 Å². The largest absolute Gasteiger partial charge is 0.463 e. The number of carbonyl (C=O) groups is 7. The van der Waals surface area contributed by atoms with Crippen molar-refractivity contribution in [3.8, 4) is 0 Å². The van der Waals surface area contributed by atoms with Crippen LogP contribution in [0.25, 0.3) is 0 Å². The Labute approximate surface area is 356 Å².